The molecular formula is C17H29NO3. The Kier molecular flexibility index (Phi) is 4.95. The van der Waals surface area contributed by atoms with E-state index in [1.54, 1.807) is 4.90 Å². The van der Waals surface area contributed by atoms with E-state index in [4.69, 9.17) is 4.74 Å². The van der Waals surface area contributed by atoms with Gasteiger partial charge < -0.3 is 9.64 Å². The Morgan fingerprint density at radius 1 is 1.05 bits per heavy atom. The summed E-state index contributed by atoms with van der Waals surface area (Å²) in [5.74, 6) is 0.784. The first-order chi connectivity index (χ1) is 9.78. The zero-order valence-electron chi connectivity index (χ0n) is 13.9. The molecule has 0 unspecified atom stereocenters. The highest BCUT2D eigenvalue weighted by molar-refractivity contribution is 5.86. The number of ether oxygens (including phenoxy) is 1. The van der Waals surface area contributed by atoms with Gasteiger partial charge in [0.2, 0.25) is 5.91 Å². The van der Waals surface area contributed by atoms with Gasteiger partial charge in [-0.1, -0.05) is 6.92 Å². The van der Waals surface area contributed by atoms with Crippen molar-refractivity contribution in [2.45, 2.75) is 77.9 Å². The summed E-state index contributed by atoms with van der Waals surface area (Å²) in [7, 11) is 0. The third kappa shape index (κ3) is 4.21. The van der Waals surface area contributed by atoms with Crippen molar-refractivity contribution in [1.29, 1.82) is 0 Å². The number of carbonyl (C=O) groups excluding carboxylic acids is 2. The van der Waals surface area contributed by atoms with Gasteiger partial charge in [0.15, 0.2) is 0 Å². The van der Waals surface area contributed by atoms with Gasteiger partial charge in [0, 0.05) is 12.5 Å². The van der Waals surface area contributed by atoms with Crippen LogP contribution in [0.3, 0.4) is 0 Å². The van der Waals surface area contributed by atoms with Gasteiger partial charge in [-0.3, -0.25) is 4.79 Å². The Hall–Kier alpha value is -1.06. The number of esters is 1. The van der Waals surface area contributed by atoms with Crippen LogP contribution in [0.25, 0.3) is 0 Å². The zero-order chi connectivity index (χ0) is 15.6. The van der Waals surface area contributed by atoms with Crippen molar-refractivity contribution >= 4 is 11.9 Å². The normalized spacial score (nSPS) is 30.3. The van der Waals surface area contributed by atoms with Gasteiger partial charge in [-0.15, -0.1) is 0 Å². The zero-order valence-corrected chi connectivity index (χ0v) is 13.9. The Labute approximate surface area is 128 Å². The molecule has 0 aromatic heterocycles. The molecular weight excluding hydrogens is 266 g/mol. The SMILES string of the molecule is CC1CCC(C(=O)N2CCC[C@@H]2C(=O)OC(C)(C)C)CC1. The molecule has 2 fully saturated rings. The minimum absolute atomic E-state index is 0.115. The summed E-state index contributed by atoms with van der Waals surface area (Å²) in [4.78, 5) is 26.8. The van der Waals surface area contributed by atoms with E-state index < -0.39 is 5.60 Å². The standard InChI is InChI=1S/C17H29NO3/c1-12-7-9-13(10-8-12)15(19)18-11-5-6-14(18)16(20)21-17(2,3)4/h12-14H,5-11H2,1-4H3/t12?,13?,14-/m1/s1. The number of amides is 1. The molecule has 120 valence electrons. The van der Waals surface area contributed by atoms with Gasteiger partial charge in [-0.2, -0.15) is 0 Å². The highest BCUT2D eigenvalue weighted by atomic mass is 16.6. The largest absolute Gasteiger partial charge is 0.458 e. The molecule has 1 saturated heterocycles. The van der Waals surface area contributed by atoms with Gasteiger partial charge >= 0.3 is 5.97 Å². The lowest BCUT2D eigenvalue weighted by Crippen LogP contribution is -2.46. The molecule has 0 bridgehead atoms. The van der Waals surface area contributed by atoms with E-state index in [0.29, 0.717) is 6.54 Å². The molecule has 0 radical (unpaired) electrons. The Balaban J connectivity index is 1.98. The molecule has 0 spiro atoms. The molecule has 1 aliphatic carbocycles. The predicted molar refractivity (Wildman–Crippen MR) is 81.7 cm³/mol. The fourth-order valence-corrected chi connectivity index (χ4v) is 3.39. The van der Waals surface area contributed by atoms with Crippen LogP contribution in [0.15, 0.2) is 0 Å². The van der Waals surface area contributed by atoms with Crippen molar-refractivity contribution in [2.24, 2.45) is 11.8 Å². The maximum atomic E-state index is 12.7. The molecule has 2 rings (SSSR count). The Morgan fingerprint density at radius 3 is 2.24 bits per heavy atom. The summed E-state index contributed by atoms with van der Waals surface area (Å²) in [6, 6.07) is -0.365. The lowest BCUT2D eigenvalue weighted by atomic mass is 9.82. The number of hydrogen-bond donors (Lipinski definition) is 0. The first-order valence-electron chi connectivity index (χ1n) is 8.31. The van der Waals surface area contributed by atoms with Crippen LogP contribution < -0.4 is 0 Å². The van der Waals surface area contributed by atoms with E-state index in [1.807, 2.05) is 20.8 Å². The number of hydrogen-bond acceptors (Lipinski definition) is 3. The number of likely N-dealkylation sites (tertiary alicyclic amines) is 1. The van der Waals surface area contributed by atoms with Gasteiger partial charge in [0.05, 0.1) is 0 Å². The number of carbonyl (C=O) groups is 2. The predicted octanol–water partition coefficient (Wildman–Crippen LogP) is 3.15. The van der Waals surface area contributed by atoms with E-state index in [9.17, 15) is 9.59 Å². The molecule has 0 aromatic carbocycles. The number of rotatable bonds is 2. The summed E-state index contributed by atoms with van der Waals surface area (Å²) < 4.78 is 5.47. The minimum atomic E-state index is -0.491. The molecule has 1 amide bonds. The maximum Gasteiger partial charge on any atom is 0.329 e. The van der Waals surface area contributed by atoms with Crippen molar-refractivity contribution in [1.82, 2.24) is 4.90 Å². The van der Waals surface area contributed by atoms with E-state index in [2.05, 4.69) is 6.92 Å². The first-order valence-corrected chi connectivity index (χ1v) is 8.31. The molecule has 0 aromatic rings. The molecule has 2 aliphatic rings. The maximum absolute atomic E-state index is 12.7. The monoisotopic (exact) mass is 295 g/mol. The first kappa shape index (κ1) is 16.3. The highest BCUT2D eigenvalue weighted by Gasteiger charge is 2.39. The van der Waals surface area contributed by atoms with E-state index >= 15 is 0 Å². The fraction of sp³-hybridized carbons (Fsp3) is 0.882. The van der Waals surface area contributed by atoms with Crippen LogP contribution >= 0.6 is 0 Å². The van der Waals surface area contributed by atoms with Crippen LogP contribution in [-0.2, 0) is 14.3 Å². The van der Waals surface area contributed by atoms with Gasteiger partial charge in [-0.25, -0.2) is 4.79 Å². The third-order valence-corrected chi connectivity index (χ3v) is 4.58. The molecule has 4 heteroatoms. The van der Waals surface area contributed by atoms with Crippen molar-refractivity contribution in [2.75, 3.05) is 6.54 Å². The molecule has 0 N–H and O–H groups in total. The van der Waals surface area contributed by atoms with Crippen molar-refractivity contribution in [3.63, 3.8) is 0 Å². The molecule has 1 aliphatic heterocycles. The molecule has 1 heterocycles. The summed E-state index contributed by atoms with van der Waals surface area (Å²) in [6.07, 6.45) is 5.83. The van der Waals surface area contributed by atoms with Crippen LogP contribution in [0, 0.1) is 11.8 Å². The minimum Gasteiger partial charge on any atom is -0.458 e. The van der Waals surface area contributed by atoms with Gasteiger partial charge in [-0.05, 0) is 65.2 Å². The topological polar surface area (TPSA) is 46.6 Å². The second kappa shape index (κ2) is 6.37. The third-order valence-electron chi connectivity index (χ3n) is 4.58. The number of nitrogens with zero attached hydrogens (tertiary/aromatic N) is 1. The lowest BCUT2D eigenvalue weighted by molar-refractivity contribution is -0.164. The lowest BCUT2D eigenvalue weighted by Gasteiger charge is -2.32. The van der Waals surface area contributed by atoms with Gasteiger partial charge in [0.25, 0.3) is 0 Å². The molecule has 21 heavy (non-hydrogen) atoms. The Morgan fingerprint density at radius 2 is 1.67 bits per heavy atom. The second-order valence-corrected chi connectivity index (χ2v) is 7.68. The van der Waals surface area contributed by atoms with Crippen molar-refractivity contribution in [3.05, 3.63) is 0 Å². The Bertz CT molecular complexity index is 391. The van der Waals surface area contributed by atoms with Crippen LogP contribution in [0.2, 0.25) is 0 Å². The fourth-order valence-electron chi connectivity index (χ4n) is 3.39. The van der Waals surface area contributed by atoms with E-state index in [0.717, 1.165) is 44.4 Å². The van der Waals surface area contributed by atoms with E-state index in [-0.39, 0.29) is 23.8 Å². The van der Waals surface area contributed by atoms with Crippen molar-refractivity contribution < 1.29 is 14.3 Å². The summed E-state index contributed by atoms with van der Waals surface area (Å²) in [5.41, 5.74) is -0.491. The molecule has 1 saturated carbocycles. The summed E-state index contributed by atoms with van der Waals surface area (Å²) in [6.45, 7) is 8.56. The van der Waals surface area contributed by atoms with Crippen LogP contribution in [-0.4, -0.2) is 35.0 Å². The summed E-state index contributed by atoms with van der Waals surface area (Å²) in [5, 5.41) is 0. The molecule has 4 nitrogen and oxygen atoms in total. The van der Waals surface area contributed by atoms with Crippen molar-refractivity contribution in [3.8, 4) is 0 Å². The highest BCUT2D eigenvalue weighted by Crippen LogP contribution is 2.32. The van der Waals surface area contributed by atoms with Gasteiger partial charge in [0.1, 0.15) is 11.6 Å². The average molecular weight is 295 g/mol. The second-order valence-electron chi connectivity index (χ2n) is 7.68. The quantitative estimate of drug-likeness (QED) is 0.735. The van der Waals surface area contributed by atoms with Crippen LogP contribution in [0.5, 0.6) is 0 Å². The average Bonchev–Trinajstić information content (AvgIpc) is 2.86. The van der Waals surface area contributed by atoms with E-state index in [1.165, 1.54) is 0 Å². The smallest absolute Gasteiger partial charge is 0.329 e. The summed E-state index contributed by atoms with van der Waals surface area (Å²) >= 11 is 0. The van der Waals surface area contributed by atoms with Crippen LogP contribution in [0.4, 0.5) is 0 Å². The van der Waals surface area contributed by atoms with Crippen LogP contribution in [0.1, 0.15) is 66.2 Å². The molecule has 1 atom stereocenters.